The number of aliphatic hydroxyl groups excluding tert-OH is 1. The lowest BCUT2D eigenvalue weighted by Crippen LogP contribution is -2.35. The minimum Gasteiger partial charge on any atom is -0.393 e. The molecule has 1 heterocycles. The van der Waals surface area contributed by atoms with Crippen molar-refractivity contribution < 1.29 is 5.11 Å². The third-order valence-corrected chi connectivity index (χ3v) is 5.77. The van der Waals surface area contributed by atoms with Gasteiger partial charge in [-0.3, -0.25) is 4.90 Å². The molecule has 2 aromatic carbocycles. The minimum atomic E-state index is -0.135. The first-order valence-electron chi connectivity index (χ1n) is 9.90. The number of likely N-dealkylation sites (tertiary alicyclic amines) is 1. The normalized spacial score (nSPS) is 17.3. The summed E-state index contributed by atoms with van der Waals surface area (Å²) >= 11 is 12.2. The molecule has 0 amide bonds. The third-order valence-electron chi connectivity index (χ3n) is 5.21. The molecule has 0 aromatic heterocycles. The van der Waals surface area contributed by atoms with Crippen molar-refractivity contribution >= 4 is 29.2 Å². The van der Waals surface area contributed by atoms with Gasteiger partial charge in [0.05, 0.1) is 18.7 Å². The van der Waals surface area contributed by atoms with Crippen molar-refractivity contribution in [2.45, 2.75) is 45.0 Å². The first-order valence-corrected chi connectivity index (χ1v) is 10.7. The number of piperidine rings is 1. The molecule has 156 valence electrons. The summed E-state index contributed by atoms with van der Waals surface area (Å²) in [6.45, 7) is 5.30. The number of benzene rings is 2. The Morgan fingerprint density at radius 1 is 1.17 bits per heavy atom. The molecule has 1 saturated heterocycles. The van der Waals surface area contributed by atoms with Crippen molar-refractivity contribution in [2.75, 3.05) is 13.1 Å². The number of aliphatic hydroxyl groups is 1. The fraction of sp³-hybridized carbons (Fsp3) is 0.409. The summed E-state index contributed by atoms with van der Waals surface area (Å²) in [6.07, 6.45) is 1.58. The van der Waals surface area contributed by atoms with Gasteiger partial charge in [-0.15, -0.1) is 0 Å². The van der Waals surface area contributed by atoms with Crippen LogP contribution in [0.1, 0.15) is 42.5 Å². The average molecular weight is 435 g/mol. The minimum absolute atomic E-state index is 0.0750. The first-order chi connectivity index (χ1) is 13.9. The maximum Gasteiger partial charge on any atom is 0.189 e. The summed E-state index contributed by atoms with van der Waals surface area (Å²) in [5, 5.41) is 14.0. The van der Waals surface area contributed by atoms with Gasteiger partial charge in [0.15, 0.2) is 5.96 Å². The molecule has 5 nitrogen and oxygen atoms in total. The number of rotatable bonds is 6. The molecule has 1 aliphatic rings. The van der Waals surface area contributed by atoms with Crippen LogP contribution in [0.25, 0.3) is 0 Å². The molecule has 29 heavy (non-hydrogen) atoms. The first kappa shape index (κ1) is 21.9. The lowest BCUT2D eigenvalue weighted by Gasteiger charge is -2.29. The van der Waals surface area contributed by atoms with Crippen LogP contribution in [-0.4, -0.2) is 35.2 Å². The van der Waals surface area contributed by atoms with Gasteiger partial charge >= 0.3 is 0 Å². The van der Waals surface area contributed by atoms with E-state index in [-0.39, 0.29) is 12.1 Å². The van der Waals surface area contributed by atoms with E-state index in [2.05, 4.69) is 39.5 Å². The second kappa shape index (κ2) is 10.3. The summed E-state index contributed by atoms with van der Waals surface area (Å²) in [6, 6.07) is 13.8. The topological polar surface area (TPSA) is 73.9 Å². The molecule has 1 unspecified atom stereocenters. The van der Waals surface area contributed by atoms with Crippen LogP contribution in [0.2, 0.25) is 10.0 Å². The predicted molar refractivity (Wildman–Crippen MR) is 120 cm³/mol. The van der Waals surface area contributed by atoms with Crippen LogP contribution >= 0.6 is 23.2 Å². The van der Waals surface area contributed by atoms with Gasteiger partial charge in [-0.25, -0.2) is 4.99 Å². The molecular formula is C22H28Cl2N4O. The Labute approximate surface area is 182 Å². The van der Waals surface area contributed by atoms with Crippen LogP contribution in [0.4, 0.5) is 0 Å². The molecule has 0 saturated carbocycles. The Bertz CT molecular complexity index is 833. The Kier molecular flexibility index (Phi) is 7.78. The second-order valence-corrected chi connectivity index (χ2v) is 8.40. The van der Waals surface area contributed by atoms with E-state index in [0.717, 1.165) is 43.6 Å². The molecule has 2 aromatic rings. The summed E-state index contributed by atoms with van der Waals surface area (Å²) in [4.78, 5) is 6.82. The number of nitrogens with zero attached hydrogens (tertiary/aromatic N) is 2. The number of nitrogens with one attached hydrogen (secondary N) is 1. The Balaban J connectivity index is 1.51. The molecule has 0 spiro atoms. The smallest absolute Gasteiger partial charge is 0.189 e. The molecule has 0 aliphatic carbocycles. The molecule has 1 atom stereocenters. The third kappa shape index (κ3) is 6.61. The number of halogens is 2. The van der Waals surface area contributed by atoms with Gasteiger partial charge in [-0.1, -0.05) is 53.5 Å². The lowest BCUT2D eigenvalue weighted by atomic mass is 10.1. The van der Waals surface area contributed by atoms with E-state index in [0.29, 0.717) is 22.5 Å². The fourth-order valence-corrected chi connectivity index (χ4v) is 4.03. The molecule has 1 fully saturated rings. The standard InChI is InChI=1S/C22H28Cl2N4O/c1-15(20-7-6-18(23)12-21(20)24)27-22(25)26-13-16-2-4-17(5-3-16)14-28-10-8-19(29)9-11-28/h2-7,12,15,19,29H,8-11,13-14H2,1H3,(H3,25,26,27). The molecule has 1 aliphatic heterocycles. The van der Waals surface area contributed by atoms with E-state index in [1.807, 2.05) is 19.1 Å². The van der Waals surface area contributed by atoms with Crippen LogP contribution < -0.4 is 11.1 Å². The summed E-state index contributed by atoms with van der Waals surface area (Å²) in [5.74, 6) is 0.375. The maximum atomic E-state index is 9.61. The van der Waals surface area contributed by atoms with Crippen molar-refractivity contribution in [1.82, 2.24) is 10.2 Å². The molecule has 0 radical (unpaired) electrons. The van der Waals surface area contributed by atoms with Gasteiger partial charge in [0, 0.05) is 29.7 Å². The van der Waals surface area contributed by atoms with Gasteiger partial charge in [-0.05, 0) is 48.6 Å². The molecule has 7 heteroatoms. The van der Waals surface area contributed by atoms with Gasteiger partial charge < -0.3 is 16.2 Å². The van der Waals surface area contributed by atoms with E-state index >= 15 is 0 Å². The van der Waals surface area contributed by atoms with Gasteiger partial charge in [0.1, 0.15) is 0 Å². The number of guanidine groups is 1. The van der Waals surface area contributed by atoms with E-state index in [1.54, 1.807) is 6.07 Å². The van der Waals surface area contributed by atoms with Crippen LogP contribution in [0.15, 0.2) is 47.5 Å². The Morgan fingerprint density at radius 3 is 2.48 bits per heavy atom. The largest absolute Gasteiger partial charge is 0.393 e. The highest BCUT2D eigenvalue weighted by molar-refractivity contribution is 6.35. The Hall–Kier alpha value is -1.79. The Morgan fingerprint density at radius 2 is 1.83 bits per heavy atom. The van der Waals surface area contributed by atoms with Crippen molar-refractivity contribution in [2.24, 2.45) is 10.7 Å². The second-order valence-electron chi connectivity index (χ2n) is 7.56. The van der Waals surface area contributed by atoms with Crippen molar-refractivity contribution in [3.63, 3.8) is 0 Å². The number of aliphatic imine (C=N–C) groups is 1. The zero-order valence-electron chi connectivity index (χ0n) is 16.6. The highest BCUT2D eigenvalue weighted by Crippen LogP contribution is 2.26. The molecular weight excluding hydrogens is 407 g/mol. The van der Waals surface area contributed by atoms with Gasteiger partial charge in [-0.2, -0.15) is 0 Å². The zero-order chi connectivity index (χ0) is 20.8. The predicted octanol–water partition coefficient (Wildman–Crippen LogP) is 4.12. The van der Waals surface area contributed by atoms with E-state index < -0.39 is 0 Å². The quantitative estimate of drug-likeness (QED) is 0.472. The highest BCUT2D eigenvalue weighted by atomic mass is 35.5. The van der Waals surface area contributed by atoms with E-state index in [4.69, 9.17) is 28.9 Å². The van der Waals surface area contributed by atoms with Crippen molar-refractivity contribution in [3.05, 3.63) is 69.2 Å². The summed E-state index contributed by atoms with van der Waals surface area (Å²) in [7, 11) is 0. The van der Waals surface area contributed by atoms with E-state index in [9.17, 15) is 5.11 Å². The summed E-state index contributed by atoms with van der Waals surface area (Å²) in [5.41, 5.74) is 9.34. The number of hydrogen-bond donors (Lipinski definition) is 3. The van der Waals surface area contributed by atoms with Crippen LogP contribution in [-0.2, 0) is 13.1 Å². The monoisotopic (exact) mass is 434 g/mol. The highest BCUT2D eigenvalue weighted by Gasteiger charge is 2.16. The van der Waals surface area contributed by atoms with Gasteiger partial charge in [0.25, 0.3) is 0 Å². The molecule has 4 N–H and O–H groups in total. The number of nitrogens with two attached hydrogens (primary N) is 1. The zero-order valence-corrected chi connectivity index (χ0v) is 18.1. The number of hydrogen-bond acceptors (Lipinski definition) is 3. The van der Waals surface area contributed by atoms with Crippen LogP contribution in [0.3, 0.4) is 0 Å². The van der Waals surface area contributed by atoms with Crippen molar-refractivity contribution in [1.29, 1.82) is 0 Å². The van der Waals surface area contributed by atoms with Gasteiger partial charge in [0.2, 0.25) is 0 Å². The maximum absolute atomic E-state index is 9.61. The average Bonchev–Trinajstić information content (AvgIpc) is 2.69. The van der Waals surface area contributed by atoms with Crippen LogP contribution in [0.5, 0.6) is 0 Å². The van der Waals surface area contributed by atoms with E-state index in [1.165, 1.54) is 5.56 Å². The SMILES string of the molecule is CC(NC(N)=NCc1ccc(CN2CCC(O)CC2)cc1)c1ccc(Cl)cc1Cl. The molecule has 0 bridgehead atoms. The fourth-order valence-electron chi connectivity index (χ4n) is 3.46. The van der Waals surface area contributed by atoms with Crippen LogP contribution in [0, 0.1) is 0 Å². The lowest BCUT2D eigenvalue weighted by molar-refractivity contribution is 0.0792. The summed E-state index contributed by atoms with van der Waals surface area (Å²) < 4.78 is 0. The molecule has 3 rings (SSSR count). The van der Waals surface area contributed by atoms with Crippen molar-refractivity contribution in [3.8, 4) is 0 Å².